The molecule has 0 amide bonds. The van der Waals surface area contributed by atoms with E-state index in [9.17, 15) is 0 Å². The lowest BCUT2D eigenvalue weighted by Crippen LogP contribution is -2.57. The van der Waals surface area contributed by atoms with Crippen molar-refractivity contribution in [1.82, 2.24) is 0 Å². The zero-order valence-electron chi connectivity index (χ0n) is 15.6. The predicted octanol–water partition coefficient (Wildman–Crippen LogP) is 6.18. The predicted molar refractivity (Wildman–Crippen MR) is 108 cm³/mol. The van der Waals surface area contributed by atoms with E-state index in [1.807, 2.05) is 8.58 Å². The molecular formula is C14H38PSi4. The number of rotatable bonds is 6. The van der Waals surface area contributed by atoms with Crippen molar-refractivity contribution < 1.29 is 0 Å². The molecule has 0 bridgehead atoms. The second kappa shape index (κ2) is 6.19. The quantitative estimate of drug-likeness (QED) is 0.397. The fourth-order valence-corrected chi connectivity index (χ4v) is 35.5. The first-order valence-electron chi connectivity index (χ1n) is 7.67. The molecule has 0 atom stereocenters. The van der Waals surface area contributed by atoms with Crippen molar-refractivity contribution in [2.45, 2.75) is 88.4 Å². The van der Waals surface area contributed by atoms with Crippen LogP contribution in [0.1, 0.15) is 0 Å². The number of hydrogen-bond acceptors (Lipinski definition) is 0. The average Bonchev–Trinajstić information content (AvgIpc) is 1.91. The van der Waals surface area contributed by atoms with Crippen molar-refractivity contribution in [3.63, 3.8) is 0 Å². The van der Waals surface area contributed by atoms with E-state index >= 15 is 0 Å². The standard InChI is InChI=1S/C14H38PSi4/c1-16(2,3)13(17(4,5)6)15-14(18(7,8)9)19(10,11)12/h13-14H,1-12H3. The van der Waals surface area contributed by atoms with Gasteiger partial charge in [-0.25, -0.2) is 0 Å². The molecule has 0 unspecified atom stereocenters. The molecule has 1 radical (unpaired) electrons. The van der Waals surface area contributed by atoms with Crippen LogP contribution in [0.5, 0.6) is 0 Å². The third kappa shape index (κ3) is 6.73. The molecule has 0 nitrogen and oxygen atoms in total. The lowest BCUT2D eigenvalue weighted by molar-refractivity contribution is 1.40. The van der Waals surface area contributed by atoms with E-state index in [2.05, 4.69) is 78.6 Å². The fraction of sp³-hybridized carbons (Fsp3) is 1.00. The van der Waals surface area contributed by atoms with E-state index in [1.54, 1.807) is 0 Å². The summed E-state index contributed by atoms with van der Waals surface area (Å²) < 4.78 is 0. The van der Waals surface area contributed by atoms with Crippen LogP contribution in [-0.2, 0) is 0 Å². The molecule has 0 aromatic rings. The fourth-order valence-electron chi connectivity index (χ4n) is 3.64. The SMILES string of the molecule is C[Si](C)(C)C([P]C([Si](C)(C)C)[Si](C)(C)C)[Si](C)(C)C. The first-order chi connectivity index (χ1) is 7.97. The summed E-state index contributed by atoms with van der Waals surface area (Å²) in [6, 6.07) is 0. The summed E-state index contributed by atoms with van der Waals surface area (Å²) in [4.78, 5) is 2.12. The molecule has 19 heavy (non-hydrogen) atoms. The van der Waals surface area contributed by atoms with Crippen molar-refractivity contribution in [1.29, 1.82) is 0 Å². The maximum Gasteiger partial charge on any atom is 0.0495 e. The van der Waals surface area contributed by atoms with Crippen LogP contribution in [0.3, 0.4) is 0 Å². The van der Waals surface area contributed by atoms with Crippen molar-refractivity contribution in [2.75, 3.05) is 0 Å². The van der Waals surface area contributed by atoms with Gasteiger partial charge in [-0.1, -0.05) is 87.1 Å². The Morgan fingerprint density at radius 3 is 0.684 bits per heavy atom. The highest BCUT2D eigenvalue weighted by atomic mass is 31.1. The highest BCUT2D eigenvalue weighted by Gasteiger charge is 2.45. The van der Waals surface area contributed by atoms with E-state index in [0.29, 0.717) is 0 Å². The van der Waals surface area contributed by atoms with Gasteiger partial charge in [0.2, 0.25) is 0 Å². The van der Waals surface area contributed by atoms with Crippen molar-refractivity contribution in [3.8, 4) is 0 Å². The Balaban J connectivity index is 5.43. The first kappa shape index (κ1) is 20.3. The van der Waals surface area contributed by atoms with Crippen LogP contribution in [0.25, 0.3) is 0 Å². The number of hydrogen-bond donors (Lipinski definition) is 0. The van der Waals surface area contributed by atoms with Gasteiger partial charge >= 0.3 is 0 Å². The van der Waals surface area contributed by atoms with Crippen LogP contribution in [-0.4, -0.2) is 42.1 Å². The van der Waals surface area contributed by atoms with Crippen LogP contribution >= 0.6 is 8.58 Å². The van der Waals surface area contributed by atoms with Gasteiger partial charge in [0.05, 0.1) is 0 Å². The molecule has 0 aromatic heterocycles. The average molecular weight is 350 g/mol. The minimum absolute atomic E-state index is 1.05. The summed E-state index contributed by atoms with van der Waals surface area (Å²) in [5.41, 5.74) is 0. The molecule has 0 rings (SSSR count). The molecule has 0 aromatic carbocycles. The van der Waals surface area contributed by atoms with Gasteiger partial charge in [-0.2, -0.15) is 0 Å². The molecule has 0 aliphatic rings. The summed E-state index contributed by atoms with van der Waals surface area (Å²) in [7, 11) is -2.33. The summed E-state index contributed by atoms with van der Waals surface area (Å²) in [5, 5.41) is 0. The van der Waals surface area contributed by atoms with Gasteiger partial charge < -0.3 is 0 Å². The molecule has 0 heterocycles. The van der Waals surface area contributed by atoms with Gasteiger partial charge in [-0.05, 0) is 9.81 Å². The molecule has 0 fully saturated rings. The monoisotopic (exact) mass is 349 g/mol. The van der Waals surface area contributed by atoms with Crippen LogP contribution in [0.4, 0.5) is 0 Å². The minimum Gasteiger partial charge on any atom is -0.0861 e. The van der Waals surface area contributed by atoms with Gasteiger partial charge in [0.1, 0.15) is 0 Å². The van der Waals surface area contributed by atoms with Gasteiger partial charge in [-0.15, -0.1) is 0 Å². The Kier molecular flexibility index (Phi) is 6.62. The van der Waals surface area contributed by atoms with Crippen LogP contribution < -0.4 is 0 Å². The molecule has 5 heteroatoms. The lowest BCUT2D eigenvalue weighted by atomic mass is 11.7. The van der Waals surface area contributed by atoms with Gasteiger partial charge in [-0.3, -0.25) is 0 Å². The summed E-state index contributed by atoms with van der Waals surface area (Å²) in [6.07, 6.45) is 0. The Hall–Kier alpha value is 1.30. The molecule has 0 N–H and O–H groups in total. The molecule has 115 valence electrons. The van der Waals surface area contributed by atoms with Crippen molar-refractivity contribution in [2.24, 2.45) is 0 Å². The van der Waals surface area contributed by atoms with E-state index in [4.69, 9.17) is 0 Å². The second-order valence-electron chi connectivity index (χ2n) is 10.4. The van der Waals surface area contributed by atoms with Crippen LogP contribution in [0, 0.1) is 0 Å². The second-order valence-corrected chi connectivity index (χ2v) is 36.1. The maximum absolute atomic E-state index is 2.61. The Bertz CT molecular complexity index is 231. The summed E-state index contributed by atoms with van der Waals surface area (Å²) in [6.45, 7) is 31.3. The zero-order chi connectivity index (χ0) is 15.9. The van der Waals surface area contributed by atoms with Crippen LogP contribution in [0.2, 0.25) is 78.6 Å². The molecule has 0 spiro atoms. The van der Waals surface area contributed by atoms with Crippen molar-refractivity contribution in [3.05, 3.63) is 0 Å². The molecule has 0 aliphatic carbocycles. The highest BCUT2D eigenvalue weighted by molar-refractivity contribution is 7.56. The zero-order valence-corrected chi connectivity index (χ0v) is 20.5. The smallest absolute Gasteiger partial charge is 0.0495 e. The Labute approximate surface area is 129 Å². The topological polar surface area (TPSA) is 0 Å². The molecule has 0 saturated carbocycles. The van der Waals surface area contributed by atoms with Crippen molar-refractivity contribution >= 4 is 40.9 Å². The molecular weight excluding hydrogens is 311 g/mol. The largest absolute Gasteiger partial charge is 0.0861 e. The third-order valence-corrected chi connectivity index (χ3v) is 32.2. The van der Waals surface area contributed by atoms with E-state index in [-0.39, 0.29) is 0 Å². The lowest BCUT2D eigenvalue weighted by Gasteiger charge is -2.46. The molecule has 0 aliphatic heterocycles. The van der Waals surface area contributed by atoms with Gasteiger partial charge in [0.15, 0.2) is 0 Å². The minimum atomic E-state index is -1.05. The summed E-state index contributed by atoms with van der Waals surface area (Å²) >= 11 is 0. The molecule has 0 saturated heterocycles. The van der Waals surface area contributed by atoms with Crippen LogP contribution in [0.15, 0.2) is 0 Å². The van der Waals surface area contributed by atoms with E-state index in [0.717, 1.165) is 9.81 Å². The van der Waals surface area contributed by atoms with E-state index < -0.39 is 32.3 Å². The Morgan fingerprint density at radius 2 is 0.579 bits per heavy atom. The summed E-state index contributed by atoms with van der Waals surface area (Å²) in [5.74, 6) is 0. The van der Waals surface area contributed by atoms with E-state index in [1.165, 1.54) is 0 Å². The Morgan fingerprint density at radius 1 is 0.421 bits per heavy atom. The van der Waals surface area contributed by atoms with Gasteiger partial charge in [0.25, 0.3) is 0 Å². The highest BCUT2D eigenvalue weighted by Crippen LogP contribution is 2.44. The third-order valence-electron chi connectivity index (χ3n) is 3.58. The van der Waals surface area contributed by atoms with Gasteiger partial charge in [0, 0.05) is 32.3 Å². The maximum atomic E-state index is 2.61. The first-order valence-corrected chi connectivity index (χ1v) is 23.0. The normalized spacial score (nSPS) is 15.5.